The molecule has 0 saturated carbocycles. The average molecular weight is 328 g/mol. The summed E-state index contributed by atoms with van der Waals surface area (Å²) in [6, 6.07) is 32.5. The molecule has 2 nitrogen and oxygen atoms in total. The lowest BCUT2D eigenvalue weighted by Gasteiger charge is -2.42. The molecule has 1 atom stereocenters. The van der Waals surface area contributed by atoms with Crippen LogP contribution in [-0.4, -0.2) is 12.6 Å². The number of rotatable bonds is 5. The lowest BCUT2D eigenvalue weighted by Crippen LogP contribution is -2.51. The lowest BCUT2D eigenvalue weighted by atomic mass is 9.76. The van der Waals surface area contributed by atoms with E-state index in [-0.39, 0.29) is 5.54 Å². The molecular weight excluding hydrogens is 304 g/mol. The van der Waals surface area contributed by atoms with Crippen molar-refractivity contribution in [2.75, 3.05) is 11.9 Å². The fraction of sp³-hybridized carbons (Fsp3) is 0.217. The summed E-state index contributed by atoms with van der Waals surface area (Å²) in [6.07, 6.45) is 2.37. The molecule has 0 aliphatic carbocycles. The topological polar surface area (TPSA) is 24.1 Å². The van der Waals surface area contributed by atoms with Crippen molar-refractivity contribution in [1.82, 2.24) is 5.32 Å². The number of hydrogen-bond acceptors (Lipinski definition) is 2. The highest BCUT2D eigenvalue weighted by Crippen LogP contribution is 2.39. The molecular formula is C23H24N2. The highest BCUT2D eigenvalue weighted by atomic mass is 15.1. The molecule has 2 N–H and O–H groups in total. The Balaban J connectivity index is 1.91. The van der Waals surface area contributed by atoms with Gasteiger partial charge in [0.2, 0.25) is 0 Å². The van der Waals surface area contributed by atoms with Crippen LogP contribution in [0.5, 0.6) is 0 Å². The van der Waals surface area contributed by atoms with E-state index in [9.17, 15) is 0 Å². The van der Waals surface area contributed by atoms with Crippen LogP contribution in [0.4, 0.5) is 5.69 Å². The summed E-state index contributed by atoms with van der Waals surface area (Å²) < 4.78 is 0. The number of benzene rings is 3. The Labute approximate surface area is 149 Å². The first-order chi connectivity index (χ1) is 12.4. The highest BCUT2D eigenvalue weighted by Gasteiger charge is 2.43. The van der Waals surface area contributed by atoms with Crippen LogP contribution in [0.25, 0.3) is 0 Å². The van der Waals surface area contributed by atoms with Gasteiger partial charge in [-0.15, -0.1) is 0 Å². The molecule has 3 aromatic rings. The Bertz CT molecular complexity index is 739. The van der Waals surface area contributed by atoms with Crippen LogP contribution in [-0.2, 0) is 5.54 Å². The summed E-state index contributed by atoms with van der Waals surface area (Å²) in [5, 5.41) is 7.66. The molecule has 1 saturated heterocycles. The van der Waals surface area contributed by atoms with Crippen molar-refractivity contribution in [3.63, 3.8) is 0 Å². The fourth-order valence-corrected chi connectivity index (χ4v) is 4.01. The summed E-state index contributed by atoms with van der Waals surface area (Å²) in [4.78, 5) is 0. The molecule has 0 aromatic heterocycles. The summed E-state index contributed by atoms with van der Waals surface area (Å²) in [5.41, 5.74) is 3.44. The van der Waals surface area contributed by atoms with Crippen molar-refractivity contribution in [2.24, 2.45) is 0 Å². The smallest absolute Gasteiger partial charge is 0.103 e. The maximum atomic E-state index is 3.90. The SMILES string of the molecule is c1ccc(NC(c2ccccc2)(c2ccccc2)[C@@H]2CCCN2)cc1. The largest absolute Gasteiger partial charge is 0.370 e. The predicted molar refractivity (Wildman–Crippen MR) is 105 cm³/mol. The van der Waals surface area contributed by atoms with Crippen LogP contribution in [0, 0.1) is 0 Å². The van der Waals surface area contributed by atoms with Gasteiger partial charge in [0.05, 0.1) is 0 Å². The van der Waals surface area contributed by atoms with Crippen LogP contribution in [0.1, 0.15) is 24.0 Å². The van der Waals surface area contributed by atoms with Gasteiger partial charge in [-0.1, -0.05) is 78.9 Å². The Morgan fingerprint density at radius 1 is 0.720 bits per heavy atom. The molecule has 0 spiro atoms. The van der Waals surface area contributed by atoms with E-state index in [4.69, 9.17) is 0 Å². The first kappa shape index (κ1) is 15.9. The van der Waals surface area contributed by atoms with E-state index in [0.717, 1.165) is 18.7 Å². The van der Waals surface area contributed by atoms with Crippen molar-refractivity contribution < 1.29 is 0 Å². The van der Waals surface area contributed by atoms with E-state index in [1.807, 2.05) is 0 Å². The van der Waals surface area contributed by atoms with Crippen molar-refractivity contribution in [1.29, 1.82) is 0 Å². The zero-order valence-corrected chi connectivity index (χ0v) is 14.4. The van der Waals surface area contributed by atoms with Crippen LogP contribution >= 0.6 is 0 Å². The number of nitrogens with one attached hydrogen (secondary N) is 2. The van der Waals surface area contributed by atoms with Gasteiger partial charge in [-0.05, 0) is 42.6 Å². The lowest BCUT2D eigenvalue weighted by molar-refractivity contribution is 0.418. The summed E-state index contributed by atoms with van der Waals surface area (Å²) in [5.74, 6) is 0. The minimum absolute atomic E-state index is 0.291. The van der Waals surface area contributed by atoms with Crippen LogP contribution in [0.15, 0.2) is 91.0 Å². The third-order valence-electron chi connectivity index (χ3n) is 5.16. The molecule has 3 aromatic carbocycles. The third kappa shape index (κ3) is 3.06. The summed E-state index contributed by atoms with van der Waals surface area (Å²) in [7, 11) is 0. The van der Waals surface area contributed by atoms with Gasteiger partial charge in [0, 0.05) is 11.7 Å². The monoisotopic (exact) mass is 328 g/mol. The van der Waals surface area contributed by atoms with Crippen molar-refractivity contribution in [3.8, 4) is 0 Å². The molecule has 0 bridgehead atoms. The van der Waals surface area contributed by atoms with Crippen molar-refractivity contribution >= 4 is 5.69 Å². The molecule has 1 aliphatic heterocycles. The van der Waals surface area contributed by atoms with Gasteiger partial charge in [-0.25, -0.2) is 0 Å². The Morgan fingerprint density at radius 2 is 1.24 bits per heavy atom. The van der Waals surface area contributed by atoms with Gasteiger partial charge in [-0.3, -0.25) is 0 Å². The molecule has 1 fully saturated rings. The van der Waals surface area contributed by atoms with Gasteiger partial charge >= 0.3 is 0 Å². The van der Waals surface area contributed by atoms with Crippen molar-refractivity contribution in [3.05, 3.63) is 102 Å². The Kier molecular flexibility index (Phi) is 4.53. The van der Waals surface area contributed by atoms with Gasteiger partial charge in [0.1, 0.15) is 5.54 Å². The van der Waals surface area contributed by atoms with E-state index in [2.05, 4.69) is 102 Å². The van der Waals surface area contributed by atoms with Crippen LogP contribution in [0.3, 0.4) is 0 Å². The number of hydrogen-bond donors (Lipinski definition) is 2. The highest BCUT2D eigenvalue weighted by molar-refractivity contribution is 5.55. The standard InChI is InChI=1S/C23H24N2/c1-4-11-19(12-5-1)23(22-17-10-18-24-22,20-13-6-2-7-14-20)25-21-15-8-3-9-16-21/h1-9,11-16,22,24-25H,10,17-18H2/t22-/m0/s1. The molecule has 0 amide bonds. The van der Waals surface area contributed by atoms with Gasteiger partial charge in [-0.2, -0.15) is 0 Å². The quantitative estimate of drug-likeness (QED) is 0.703. The van der Waals surface area contributed by atoms with Gasteiger partial charge < -0.3 is 10.6 Å². The zero-order chi connectivity index (χ0) is 17.0. The molecule has 25 heavy (non-hydrogen) atoms. The molecule has 1 aliphatic rings. The predicted octanol–water partition coefficient (Wildman–Crippen LogP) is 4.79. The van der Waals surface area contributed by atoms with Crippen LogP contribution in [0.2, 0.25) is 0 Å². The van der Waals surface area contributed by atoms with E-state index in [0.29, 0.717) is 6.04 Å². The van der Waals surface area contributed by atoms with Crippen LogP contribution < -0.4 is 10.6 Å². The second-order valence-corrected chi connectivity index (χ2v) is 6.68. The second-order valence-electron chi connectivity index (χ2n) is 6.68. The number of para-hydroxylation sites is 1. The normalized spacial score (nSPS) is 17.4. The Morgan fingerprint density at radius 3 is 1.72 bits per heavy atom. The first-order valence-electron chi connectivity index (χ1n) is 9.07. The average Bonchev–Trinajstić information content (AvgIpc) is 3.23. The maximum Gasteiger partial charge on any atom is 0.103 e. The summed E-state index contributed by atoms with van der Waals surface area (Å²) in [6.45, 7) is 1.07. The molecule has 1 heterocycles. The molecule has 2 heteroatoms. The molecule has 0 radical (unpaired) electrons. The third-order valence-corrected chi connectivity index (χ3v) is 5.16. The fourth-order valence-electron chi connectivity index (χ4n) is 4.01. The van der Waals surface area contributed by atoms with Gasteiger partial charge in [0.15, 0.2) is 0 Å². The van der Waals surface area contributed by atoms with E-state index in [1.165, 1.54) is 17.5 Å². The zero-order valence-electron chi connectivity index (χ0n) is 14.4. The molecule has 0 unspecified atom stereocenters. The second kappa shape index (κ2) is 7.12. The van der Waals surface area contributed by atoms with Crippen molar-refractivity contribution in [2.45, 2.75) is 24.4 Å². The first-order valence-corrected chi connectivity index (χ1v) is 9.07. The summed E-state index contributed by atoms with van der Waals surface area (Å²) >= 11 is 0. The van der Waals surface area contributed by atoms with Gasteiger partial charge in [0.25, 0.3) is 0 Å². The van der Waals surface area contributed by atoms with E-state index >= 15 is 0 Å². The molecule has 126 valence electrons. The Hall–Kier alpha value is -2.58. The number of anilines is 1. The minimum Gasteiger partial charge on any atom is -0.370 e. The molecule has 4 rings (SSSR count). The van der Waals surface area contributed by atoms with E-state index in [1.54, 1.807) is 0 Å². The maximum absolute atomic E-state index is 3.90. The van der Waals surface area contributed by atoms with E-state index < -0.39 is 0 Å². The minimum atomic E-state index is -0.291.